The lowest BCUT2D eigenvalue weighted by Gasteiger charge is -2.33. The molecular weight excluding hydrogens is 234 g/mol. The Bertz CT molecular complexity index is 458. The van der Waals surface area contributed by atoms with Gasteiger partial charge in [-0.1, -0.05) is 12.1 Å². The predicted octanol–water partition coefficient (Wildman–Crippen LogP) is 0.567. The van der Waals surface area contributed by atoms with Crippen LogP contribution in [0.2, 0.25) is 0 Å². The molecule has 1 aromatic rings. The molecule has 1 unspecified atom stereocenters. The van der Waals surface area contributed by atoms with Gasteiger partial charge in [0.15, 0.2) is 0 Å². The number of nitro groups is 1. The van der Waals surface area contributed by atoms with E-state index in [1.54, 1.807) is 24.1 Å². The van der Waals surface area contributed by atoms with Crippen molar-refractivity contribution >= 4 is 11.6 Å². The zero-order valence-electron chi connectivity index (χ0n) is 10.1. The maximum atomic E-state index is 11.5. The van der Waals surface area contributed by atoms with Crippen molar-refractivity contribution in [2.75, 3.05) is 20.1 Å². The van der Waals surface area contributed by atoms with Crippen LogP contribution < -0.4 is 5.32 Å². The number of hydrogen-bond donors (Lipinski definition) is 1. The monoisotopic (exact) mass is 249 g/mol. The molecular formula is C12H15N3O3. The largest absolute Gasteiger partial charge is 0.340 e. The molecule has 0 aromatic heterocycles. The minimum Gasteiger partial charge on any atom is -0.340 e. The first-order chi connectivity index (χ1) is 8.58. The van der Waals surface area contributed by atoms with Crippen molar-refractivity contribution in [1.82, 2.24) is 10.2 Å². The van der Waals surface area contributed by atoms with E-state index >= 15 is 0 Å². The number of non-ortho nitro benzene ring substituents is 1. The number of hydrogen-bond acceptors (Lipinski definition) is 4. The van der Waals surface area contributed by atoms with Crippen molar-refractivity contribution in [1.29, 1.82) is 0 Å². The molecule has 96 valence electrons. The van der Waals surface area contributed by atoms with Crippen LogP contribution in [-0.4, -0.2) is 41.9 Å². The molecule has 18 heavy (non-hydrogen) atoms. The molecule has 0 spiro atoms. The van der Waals surface area contributed by atoms with E-state index in [4.69, 9.17) is 0 Å². The van der Waals surface area contributed by atoms with Crippen LogP contribution in [0, 0.1) is 10.1 Å². The second-order valence-electron chi connectivity index (χ2n) is 4.42. The Morgan fingerprint density at radius 1 is 1.44 bits per heavy atom. The van der Waals surface area contributed by atoms with Gasteiger partial charge in [-0.3, -0.25) is 14.9 Å². The molecule has 1 aromatic carbocycles. The van der Waals surface area contributed by atoms with E-state index in [0.29, 0.717) is 13.0 Å². The van der Waals surface area contributed by atoms with E-state index in [9.17, 15) is 14.9 Å². The Kier molecular flexibility index (Phi) is 3.57. The van der Waals surface area contributed by atoms with Crippen molar-refractivity contribution in [2.45, 2.75) is 12.5 Å². The number of nitrogens with zero attached hydrogens (tertiary/aromatic N) is 2. The molecule has 2 rings (SSSR count). The van der Waals surface area contributed by atoms with Crippen molar-refractivity contribution in [3.8, 4) is 0 Å². The first-order valence-corrected chi connectivity index (χ1v) is 5.77. The van der Waals surface area contributed by atoms with Crippen LogP contribution in [0.25, 0.3) is 0 Å². The highest BCUT2D eigenvalue weighted by molar-refractivity contribution is 5.79. The number of likely N-dealkylation sites (N-methyl/N-ethyl adjacent to an activating group) is 1. The fraction of sp³-hybridized carbons (Fsp3) is 0.417. The highest BCUT2D eigenvalue weighted by atomic mass is 16.6. The average molecular weight is 249 g/mol. The lowest BCUT2D eigenvalue weighted by atomic mass is 10.0. The number of nitrogens with one attached hydrogen (secondary N) is 1. The lowest BCUT2D eigenvalue weighted by Crippen LogP contribution is -2.53. The van der Waals surface area contributed by atoms with Gasteiger partial charge < -0.3 is 10.2 Å². The van der Waals surface area contributed by atoms with Gasteiger partial charge in [-0.25, -0.2) is 0 Å². The first kappa shape index (κ1) is 12.5. The van der Waals surface area contributed by atoms with E-state index in [1.165, 1.54) is 12.1 Å². The summed E-state index contributed by atoms with van der Waals surface area (Å²) in [4.78, 5) is 23.4. The van der Waals surface area contributed by atoms with E-state index in [-0.39, 0.29) is 17.6 Å². The summed E-state index contributed by atoms with van der Waals surface area (Å²) in [5.41, 5.74) is 1.08. The lowest BCUT2D eigenvalue weighted by molar-refractivity contribution is -0.384. The maximum absolute atomic E-state index is 11.5. The third-order valence-electron chi connectivity index (χ3n) is 3.22. The van der Waals surface area contributed by atoms with Gasteiger partial charge in [0.25, 0.3) is 5.69 Å². The summed E-state index contributed by atoms with van der Waals surface area (Å²) in [5, 5.41) is 13.6. The molecule has 1 saturated heterocycles. The number of amides is 1. The number of piperazine rings is 1. The summed E-state index contributed by atoms with van der Waals surface area (Å²) >= 11 is 0. The Morgan fingerprint density at radius 3 is 2.72 bits per heavy atom. The number of nitro benzene ring substituents is 1. The minimum atomic E-state index is -0.415. The van der Waals surface area contributed by atoms with Gasteiger partial charge in [0.05, 0.1) is 11.5 Å². The number of benzene rings is 1. The molecule has 0 radical (unpaired) electrons. The second-order valence-corrected chi connectivity index (χ2v) is 4.42. The molecule has 1 N–H and O–H groups in total. The van der Waals surface area contributed by atoms with Gasteiger partial charge in [-0.15, -0.1) is 0 Å². The van der Waals surface area contributed by atoms with Gasteiger partial charge >= 0.3 is 0 Å². The Labute approximate surface area is 105 Å². The summed E-state index contributed by atoms with van der Waals surface area (Å²) < 4.78 is 0. The summed E-state index contributed by atoms with van der Waals surface area (Å²) in [6, 6.07) is 6.57. The number of carbonyl (C=O) groups is 1. The van der Waals surface area contributed by atoms with Gasteiger partial charge in [-0.2, -0.15) is 0 Å². The van der Waals surface area contributed by atoms with Crippen LogP contribution in [0.1, 0.15) is 5.56 Å². The summed E-state index contributed by atoms with van der Waals surface area (Å²) in [6.45, 7) is 1.13. The van der Waals surface area contributed by atoms with Crippen molar-refractivity contribution in [3.63, 3.8) is 0 Å². The average Bonchev–Trinajstić information content (AvgIpc) is 2.36. The van der Waals surface area contributed by atoms with E-state index in [1.807, 2.05) is 0 Å². The quantitative estimate of drug-likeness (QED) is 0.627. The highest BCUT2D eigenvalue weighted by Gasteiger charge is 2.24. The third kappa shape index (κ3) is 2.65. The molecule has 1 heterocycles. The number of rotatable bonds is 3. The minimum absolute atomic E-state index is 0.0770. The fourth-order valence-electron chi connectivity index (χ4n) is 2.05. The molecule has 0 bridgehead atoms. The van der Waals surface area contributed by atoms with Crippen molar-refractivity contribution in [3.05, 3.63) is 39.9 Å². The molecule has 1 aliphatic heterocycles. The standard InChI is InChI=1S/C12H15N3O3/c1-14-11(7-13-8-12(14)16)6-9-2-4-10(5-3-9)15(17)18/h2-5,11,13H,6-8H2,1H3. The summed E-state index contributed by atoms with van der Waals surface area (Å²) in [7, 11) is 1.79. The third-order valence-corrected chi connectivity index (χ3v) is 3.22. The van der Waals surface area contributed by atoms with E-state index in [0.717, 1.165) is 12.1 Å². The molecule has 6 nitrogen and oxygen atoms in total. The van der Waals surface area contributed by atoms with Crippen molar-refractivity contribution < 1.29 is 9.72 Å². The van der Waals surface area contributed by atoms with E-state index in [2.05, 4.69) is 5.32 Å². The zero-order chi connectivity index (χ0) is 13.1. The van der Waals surface area contributed by atoms with Crippen LogP contribution in [0.3, 0.4) is 0 Å². The topological polar surface area (TPSA) is 75.5 Å². The summed E-state index contributed by atoms with van der Waals surface area (Å²) in [6.07, 6.45) is 0.702. The maximum Gasteiger partial charge on any atom is 0.269 e. The van der Waals surface area contributed by atoms with Gasteiger partial charge in [-0.05, 0) is 12.0 Å². The molecule has 1 aliphatic rings. The highest BCUT2D eigenvalue weighted by Crippen LogP contribution is 2.15. The zero-order valence-corrected chi connectivity index (χ0v) is 10.1. The van der Waals surface area contributed by atoms with Gasteiger partial charge in [0.2, 0.25) is 5.91 Å². The predicted molar refractivity (Wildman–Crippen MR) is 66.2 cm³/mol. The Balaban J connectivity index is 2.04. The van der Waals surface area contributed by atoms with Gasteiger partial charge in [0, 0.05) is 31.8 Å². The Morgan fingerprint density at radius 2 is 2.11 bits per heavy atom. The van der Waals surface area contributed by atoms with Crippen LogP contribution in [0.15, 0.2) is 24.3 Å². The fourth-order valence-corrected chi connectivity index (χ4v) is 2.05. The Hall–Kier alpha value is -1.95. The smallest absolute Gasteiger partial charge is 0.269 e. The molecule has 0 saturated carbocycles. The van der Waals surface area contributed by atoms with E-state index < -0.39 is 4.92 Å². The van der Waals surface area contributed by atoms with Crippen LogP contribution >= 0.6 is 0 Å². The van der Waals surface area contributed by atoms with Gasteiger partial charge in [0.1, 0.15) is 0 Å². The molecule has 1 amide bonds. The van der Waals surface area contributed by atoms with Crippen LogP contribution in [0.4, 0.5) is 5.69 Å². The first-order valence-electron chi connectivity index (χ1n) is 5.77. The van der Waals surface area contributed by atoms with Crippen LogP contribution in [0.5, 0.6) is 0 Å². The molecule has 6 heteroatoms. The van der Waals surface area contributed by atoms with Crippen molar-refractivity contribution in [2.24, 2.45) is 0 Å². The summed E-state index contributed by atoms with van der Waals surface area (Å²) in [5.74, 6) is 0.0770. The number of carbonyl (C=O) groups excluding carboxylic acids is 1. The SMILES string of the molecule is CN1C(=O)CNCC1Cc1ccc([N+](=O)[O-])cc1. The van der Waals surface area contributed by atoms with Crippen LogP contribution in [-0.2, 0) is 11.2 Å². The molecule has 0 aliphatic carbocycles. The molecule has 1 fully saturated rings. The second kappa shape index (κ2) is 5.14. The molecule has 1 atom stereocenters. The normalized spacial score (nSPS) is 19.9.